The van der Waals surface area contributed by atoms with Gasteiger partial charge >= 0.3 is 6.18 Å². The third-order valence-electron chi connectivity index (χ3n) is 8.15. The summed E-state index contributed by atoms with van der Waals surface area (Å²) in [5.74, 6) is -0.459. The van der Waals surface area contributed by atoms with E-state index in [-0.39, 0.29) is 48.8 Å². The maximum Gasteiger partial charge on any atom is 0.416 e. The van der Waals surface area contributed by atoms with Gasteiger partial charge in [-0.3, -0.25) is 14.7 Å². The summed E-state index contributed by atoms with van der Waals surface area (Å²) in [6, 6.07) is 8.93. The van der Waals surface area contributed by atoms with Gasteiger partial charge in [0.25, 0.3) is 5.91 Å². The van der Waals surface area contributed by atoms with Gasteiger partial charge in [0.1, 0.15) is 11.4 Å². The molecule has 11 nitrogen and oxygen atoms in total. The van der Waals surface area contributed by atoms with Crippen LogP contribution in [0.25, 0.3) is 6.08 Å². The standard InChI is InChI=1S/C29H34F3N5O6S2/c1-21-19-25(45(41,42)33-10-13-36-14-16-43-17-15-36)6-5-22(21)7-18-44(39,40)37-11-8-28(9-12-37)27(38)34-26(35-28)23-3-2-4-24(20-23)29(30,31)32/h2-7,18-20,33H,8-17H2,1H3,(H,34,35,38). The van der Waals surface area contributed by atoms with Gasteiger partial charge in [-0.25, -0.2) is 21.6 Å². The third kappa shape index (κ3) is 7.64. The number of carbonyl (C=O) groups is 1. The van der Waals surface area contributed by atoms with Gasteiger partial charge in [0.2, 0.25) is 20.0 Å². The molecule has 2 aromatic carbocycles. The summed E-state index contributed by atoms with van der Waals surface area (Å²) >= 11 is 0. The number of aliphatic imine (C=N–C) groups is 1. The zero-order chi connectivity index (χ0) is 32.5. The number of benzene rings is 2. The number of halogens is 3. The molecule has 3 aliphatic heterocycles. The van der Waals surface area contributed by atoms with E-state index < -0.39 is 43.2 Å². The molecule has 1 spiro atoms. The predicted molar refractivity (Wildman–Crippen MR) is 161 cm³/mol. The van der Waals surface area contributed by atoms with E-state index >= 15 is 0 Å². The first-order valence-corrected chi connectivity index (χ1v) is 17.3. The van der Waals surface area contributed by atoms with Crippen molar-refractivity contribution in [1.82, 2.24) is 19.2 Å². The molecule has 1 amide bonds. The minimum atomic E-state index is -4.55. The average molecular weight is 670 g/mol. The minimum absolute atomic E-state index is 0.0221. The van der Waals surface area contributed by atoms with Crippen LogP contribution in [0.15, 0.2) is 57.8 Å². The van der Waals surface area contributed by atoms with E-state index in [0.717, 1.165) is 30.6 Å². The molecule has 2 aromatic rings. The summed E-state index contributed by atoms with van der Waals surface area (Å²) in [4.78, 5) is 19.5. The maximum absolute atomic E-state index is 13.2. The van der Waals surface area contributed by atoms with Gasteiger partial charge < -0.3 is 10.1 Å². The summed E-state index contributed by atoms with van der Waals surface area (Å²) in [7, 11) is -7.67. The molecule has 16 heteroatoms. The molecule has 0 aliphatic carbocycles. The lowest BCUT2D eigenvalue weighted by atomic mass is 9.89. The molecule has 3 heterocycles. The fourth-order valence-corrected chi connectivity index (χ4v) is 7.73. The second-order valence-electron chi connectivity index (χ2n) is 11.1. The molecular formula is C29H34F3N5O6S2. The van der Waals surface area contributed by atoms with Gasteiger partial charge in [-0.15, -0.1) is 0 Å². The largest absolute Gasteiger partial charge is 0.416 e. The Hall–Kier alpha value is -3.15. The molecule has 0 saturated carbocycles. The van der Waals surface area contributed by atoms with Crippen LogP contribution >= 0.6 is 0 Å². The number of nitrogens with zero attached hydrogens (tertiary/aromatic N) is 3. The van der Waals surface area contributed by atoms with Crippen LogP contribution < -0.4 is 10.0 Å². The fraction of sp³-hybridized carbons (Fsp3) is 0.448. The molecule has 244 valence electrons. The van der Waals surface area contributed by atoms with Crippen LogP contribution in [0.5, 0.6) is 0 Å². The molecule has 2 fully saturated rings. The predicted octanol–water partition coefficient (Wildman–Crippen LogP) is 2.34. The van der Waals surface area contributed by atoms with Crippen molar-refractivity contribution in [2.75, 3.05) is 52.5 Å². The first-order valence-electron chi connectivity index (χ1n) is 14.4. The Balaban J connectivity index is 1.20. The highest BCUT2D eigenvalue weighted by Crippen LogP contribution is 2.34. The summed E-state index contributed by atoms with van der Waals surface area (Å²) < 4.78 is 100. The smallest absolute Gasteiger partial charge is 0.379 e. The SMILES string of the molecule is Cc1cc(S(=O)(=O)NCCN2CCOCC2)ccc1C=CS(=O)(=O)N1CCC2(CC1)N=C(c1cccc(C(F)(F)F)c1)NC2=O. The summed E-state index contributed by atoms with van der Waals surface area (Å²) in [5.41, 5.74) is -0.939. The minimum Gasteiger partial charge on any atom is -0.379 e. The highest BCUT2D eigenvalue weighted by Gasteiger charge is 2.47. The first kappa shape index (κ1) is 33.2. The van der Waals surface area contributed by atoms with Crippen LogP contribution in [-0.2, 0) is 35.8 Å². The van der Waals surface area contributed by atoms with E-state index in [4.69, 9.17) is 4.74 Å². The van der Waals surface area contributed by atoms with Gasteiger partial charge in [0, 0.05) is 50.2 Å². The lowest BCUT2D eigenvalue weighted by molar-refractivity contribution is -0.137. The first-order chi connectivity index (χ1) is 21.2. The van der Waals surface area contributed by atoms with E-state index in [9.17, 15) is 34.8 Å². The molecule has 0 atom stereocenters. The van der Waals surface area contributed by atoms with Crippen LogP contribution in [0, 0.1) is 6.92 Å². The number of nitrogens with one attached hydrogen (secondary N) is 2. The van der Waals surface area contributed by atoms with E-state index in [2.05, 4.69) is 19.9 Å². The lowest BCUT2D eigenvalue weighted by Gasteiger charge is -2.34. The Kier molecular flexibility index (Phi) is 9.54. The number of rotatable bonds is 9. The molecular weight excluding hydrogens is 635 g/mol. The van der Waals surface area contributed by atoms with Crippen LogP contribution in [0.2, 0.25) is 0 Å². The number of piperidine rings is 1. The number of hydrogen-bond donors (Lipinski definition) is 2. The van der Waals surface area contributed by atoms with Crippen molar-refractivity contribution < 1.29 is 39.5 Å². The van der Waals surface area contributed by atoms with E-state index in [1.807, 2.05) is 0 Å². The van der Waals surface area contributed by atoms with Gasteiger partial charge in [-0.05, 0) is 61.2 Å². The Morgan fingerprint density at radius 1 is 1.04 bits per heavy atom. The average Bonchev–Trinajstić information content (AvgIpc) is 3.31. The Labute approximate surface area is 260 Å². The number of amidine groups is 1. The number of hydrogen-bond acceptors (Lipinski definition) is 8. The molecule has 0 bridgehead atoms. The van der Waals surface area contributed by atoms with E-state index in [1.54, 1.807) is 6.92 Å². The lowest BCUT2D eigenvalue weighted by Crippen LogP contribution is -2.50. The molecule has 0 unspecified atom stereocenters. The summed E-state index contributed by atoms with van der Waals surface area (Å²) in [6.07, 6.45) is -3.05. The summed E-state index contributed by atoms with van der Waals surface area (Å²) in [6.45, 7) is 5.18. The number of ether oxygens (including phenoxy) is 1. The van der Waals surface area contributed by atoms with Crippen molar-refractivity contribution in [1.29, 1.82) is 0 Å². The number of aryl methyl sites for hydroxylation is 1. The number of amides is 1. The van der Waals surface area contributed by atoms with Gasteiger partial charge in [-0.2, -0.15) is 17.5 Å². The van der Waals surface area contributed by atoms with Crippen molar-refractivity contribution in [2.45, 2.75) is 36.4 Å². The second kappa shape index (κ2) is 12.9. The molecule has 5 rings (SSSR count). The Morgan fingerprint density at radius 2 is 1.76 bits per heavy atom. The molecule has 2 saturated heterocycles. The van der Waals surface area contributed by atoms with E-state index in [0.29, 0.717) is 30.9 Å². The van der Waals surface area contributed by atoms with Gasteiger partial charge in [-0.1, -0.05) is 18.2 Å². The van der Waals surface area contributed by atoms with Crippen LogP contribution in [0.3, 0.4) is 0 Å². The van der Waals surface area contributed by atoms with Crippen LogP contribution in [-0.4, -0.2) is 95.8 Å². The quantitative estimate of drug-likeness (QED) is 0.418. The van der Waals surface area contributed by atoms with Crippen LogP contribution in [0.1, 0.15) is 35.1 Å². The zero-order valence-corrected chi connectivity index (χ0v) is 26.1. The molecule has 0 radical (unpaired) electrons. The Morgan fingerprint density at radius 3 is 2.42 bits per heavy atom. The fourth-order valence-electron chi connectivity index (χ4n) is 5.44. The monoisotopic (exact) mass is 669 g/mol. The normalized spacial score (nSPS) is 20.1. The highest BCUT2D eigenvalue weighted by atomic mass is 32.2. The molecule has 3 aliphatic rings. The van der Waals surface area contributed by atoms with E-state index in [1.165, 1.54) is 40.7 Å². The van der Waals surface area contributed by atoms with Crippen LogP contribution in [0.4, 0.5) is 13.2 Å². The van der Waals surface area contributed by atoms with Crippen molar-refractivity contribution in [3.05, 3.63) is 70.1 Å². The Bertz CT molecular complexity index is 1710. The second-order valence-corrected chi connectivity index (χ2v) is 14.7. The van der Waals surface area contributed by atoms with Crippen molar-refractivity contribution in [3.63, 3.8) is 0 Å². The number of sulfonamides is 2. The summed E-state index contributed by atoms with van der Waals surface area (Å²) in [5, 5.41) is 3.60. The number of carbonyl (C=O) groups excluding carboxylic acids is 1. The zero-order valence-electron chi connectivity index (χ0n) is 24.5. The van der Waals surface area contributed by atoms with Gasteiger partial charge in [0.05, 0.1) is 23.7 Å². The molecule has 45 heavy (non-hydrogen) atoms. The van der Waals surface area contributed by atoms with Crippen molar-refractivity contribution >= 4 is 37.9 Å². The maximum atomic E-state index is 13.2. The number of alkyl halides is 3. The third-order valence-corrected chi connectivity index (χ3v) is 11.2. The van der Waals surface area contributed by atoms with Crippen molar-refractivity contribution in [3.8, 4) is 0 Å². The number of morpholine rings is 1. The van der Waals surface area contributed by atoms with Crippen molar-refractivity contribution in [2.24, 2.45) is 4.99 Å². The van der Waals surface area contributed by atoms with Gasteiger partial charge in [0.15, 0.2) is 0 Å². The topological polar surface area (TPSA) is 137 Å². The highest BCUT2D eigenvalue weighted by molar-refractivity contribution is 7.92. The molecule has 2 N–H and O–H groups in total. The molecule has 0 aromatic heterocycles.